The van der Waals surface area contributed by atoms with Crippen molar-refractivity contribution in [2.45, 2.75) is 45.6 Å². The highest BCUT2D eigenvalue weighted by Crippen LogP contribution is 2.40. The molecule has 2 rings (SSSR count). The molecule has 1 aliphatic rings. The number of hydrogen-bond donors (Lipinski definition) is 1. The lowest BCUT2D eigenvalue weighted by Crippen LogP contribution is -2.28. The first-order valence-corrected chi connectivity index (χ1v) is 7.07. The SMILES string of the molecule is CCNC1CCC(C)(Cc2ccc(F)c(Cl)c2)C1. The predicted molar refractivity (Wildman–Crippen MR) is 74.5 cm³/mol. The van der Waals surface area contributed by atoms with E-state index in [1.165, 1.54) is 25.3 Å². The van der Waals surface area contributed by atoms with E-state index in [1.807, 2.05) is 6.07 Å². The molecule has 0 aliphatic heterocycles. The van der Waals surface area contributed by atoms with Crippen molar-refractivity contribution in [3.8, 4) is 0 Å². The third-order valence-electron chi connectivity index (χ3n) is 3.94. The van der Waals surface area contributed by atoms with Crippen LogP contribution in [0.15, 0.2) is 18.2 Å². The molecule has 0 bridgehead atoms. The van der Waals surface area contributed by atoms with Gasteiger partial charge in [0.1, 0.15) is 5.82 Å². The van der Waals surface area contributed by atoms with E-state index in [-0.39, 0.29) is 10.8 Å². The molecule has 0 spiro atoms. The van der Waals surface area contributed by atoms with Gasteiger partial charge in [0.15, 0.2) is 0 Å². The molecule has 1 N–H and O–H groups in total. The van der Waals surface area contributed by atoms with Gasteiger partial charge in [-0.1, -0.05) is 31.5 Å². The van der Waals surface area contributed by atoms with E-state index in [2.05, 4.69) is 19.2 Å². The molecule has 0 radical (unpaired) electrons. The second-order valence-corrected chi connectivity index (χ2v) is 6.14. The highest BCUT2D eigenvalue weighted by atomic mass is 35.5. The summed E-state index contributed by atoms with van der Waals surface area (Å²) in [7, 11) is 0. The van der Waals surface area contributed by atoms with Crippen LogP contribution in [0.5, 0.6) is 0 Å². The lowest BCUT2D eigenvalue weighted by atomic mass is 9.82. The zero-order valence-electron chi connectivity index (χ0n) is 11.1. The fraction of sp³-hybridized carbons (Fsp3) is 0.600. The summed E-state index contributed by atoms with van der Waals surface area (Å²) in [6.45, 7) is 5.50. The Balaban J connectivity index is 2.02. The van der Waals surface area contributed by atoms with Crippen molar-refractivity contribution in [3.05, 3.63) is 34.6 Å². The van der Waals surface area contributed by atoms with Gasteiger partial charge >= 0.3 is 0 Å². The molecule has 1 saturated carbocycles. The fourth-order valence-electron chi connectivity index (χ4n) is 3.09. The average Bonchev–Trinajstić information content (AvgIpc) is 2.66. The lowest BCUT2D eigenvalue weighted by molar-refractivity contribution is 0.322. The highest BCUT2D eigenvalue weighted by molar-refractivity contribution is 6.30. The van der Waals surface area contributed by atoms with Crippen molar-refractivity contribution in [1.29, 1.82) is 0 Å². The van der Waals surface area contributed by atoms with Crippen molar-refractivity contribution < 1.29 is 4.39 Å². The average molecular weight is 270 g/mol. The molecule has 1 aliphatic carbocycles. The van der Waals surface area contributed by atoms with E-state index >= 15 is 0 Å². The number of benzene rings is 1. The zero-order chi connectivity index (χ0) is 13.2. The predicted octanol–water partition coefficient (Wildman–Crippen LogP) is 4.19. The standard InChI is InChI=1S/C15H21ClFN/c1-3-18-12-6-7-15(2,10-12)9-11-4-5-14(17)13(16)8-11/h4-5,8,12,18H,3,6-7,9-10H2,1-2H3. The van der Waals surface area contributed by atoms with Gasteiger partial charge in [0, 0.05) is 6.04 Å². The van der Waals surface area contributed by atoms with Crippen LogP contribution in [-0.2, 0) is 6.42 Å². The molecular formula is C15H21ClFN. The van der Waals surface area contributed by atoms with Crippen LogP contribution in [0.4, 0.5) is 4.39 Å². The third kappa shape index (κ3) is 3.24. The molecule has 3 heteroatoms. The molecule has 2 unspecified atom stereocenters. The first kappa shape index (κ1) is 13.8. The van der Waals surface area contributed by atoms with Gasteiger partial charge < -0.3 is 5.32 Å². The van der Waals surface area contributed by atoms with Gasteiger partial charge in [-0.3, -0.25) is 0 Å². The maximum absolute atomic E-state index is 13.1. The van der Waals surface area contributed by atoms with Crippen LogP contribution < -0.4 is 5.32 Å². The lowest BCUT2D eigenvalue weighted by Gasteiger charge is -2.24. The summed E-state index contributed by atoms with van der Waals surface area (Å²) in [6.07, 6.45) is 4.63. The smallest absolute Gasteiger partial charge is 0.141 e. The Morgan fingerprint density at radius 3 is 2.94 bits per heavy atom. The third-order valence-corrected chi connectivity index (χ3v) is 4.23. The molecular weight excluding hydrogens is 249 g/mol. The molecule has 0 amide bonds. The van der Waals surface area contributed by atoms with E-state index < -0.39 is 0 Å². The molecule has 1 nitrogen and oxygen atoms in total. The van der Waals surface area contributed by atoms with Gasteiger partial charge in [0.05, 0.1) is 5.02 Å². The Bertz CT molecular complexity index is 421. The second-order valence-electron chi connectivity index (χ2n) is 5.73. The molecule has 18 heavy (non-hydrogen) atoms. The van der Waals surface area contributed by atoms with Crippen molar-refractivity contribution in [1.82, 2.24) is 5.32 Å². The van der Waals surface area contributed by atoms with E-state index in [9.17, 15) is 4.39 Å². The molecule has 1 aromatic carbocycles. The van der Waals surface area contributed by atoms with Crippen molar-refractivity contribution in [2.24, 2.45) is 5.41 Å². The van der Waals surface area contributed by atoms with Gasteiger partial charge in [-0.05, 0) is 55.3 Å². The minimum Gasteiger partial charge on any atom is -0.314 e. The van der Waals surface area contributed by atoms with Crippen molar-refractivity contribution >= 4 is 11.6 Å². The van der Waals surface area contributed by atoms with E-state index in [4.69, 9.17) is 11.6 Å². The number of hydrogen-bond acceptors (Lipinski definition) is 1. The molecule has 1 fully saturated rings. The second kappa shape index (κ2) is 5.58. The minimum atomic E-state index is -0.331. The molecule has 1 aromatic rings. The Hall–Kier alpha value is -0.600. The Labute approximate surface area is 114 Å². The summed E-state index contributed by atoms with van der Waals surface area (Å²) in [6, 6.07) is 5.73. The van der Waals surface area contributed by atoms with Gasteiger partial charge in [-0.15, -0.1) is 0 Å². The molecule has 0 heterocycles. The van der Waals surface area contributed by atoms with E-state index in [0.29, 0.717) is 11.5 Å². The summed E-state index contributed by atoms with van der Waals surface area (Å²) in [4.78, 5) is 0. The normalized spacial score (nSPS) is 27.7. The van der Waals surface area contributed by atoms with Crippen LogP contribution in [0, 0.1) is 11.2 Å². The largest absolute Gasteiger partial charge is 0.314 e. The fourth-order valence-corrected chi connectivity index (χ4v) is 3.29. The summed E-state index contributed by atoms with van der Waals surface area (Å²) in [5.74, 6) is -0.331. The van der Waals surface area contributed by atoms with E-state index in [1.54, 1.807) is 6.07 Å². The van der Waals surface area contributed by atoms with Crippen molar-refractivity contribution in [3.63, 3.8) is 0 Å². The minimum absolute atomic E-state index is 0.234. The van der Waals surface area contributed by atoms with Crippen LogP contribution in [0.25, 0.3) is 0 Å². The first-order chi connectivity index (χ1) is 8.52. The van der Waals surface area contributed by atoms with Crippen LogP contribution in [-0.4, -0.2) is 12.6 Å². The van der Waals surface area contributed by atoms with Gasteiger partial charge in [0.25, 0.3) is 0 Å². The quantitative estimate of drug-likeness (QED) is 0.864. The number of rotatable bonds is 4. The zero-order valence-corrected chi connectivity index (χ0v) is 11.9. The summed E-state index contributed by atoms with van der Waals surface area (Å²) >= 11 is 5.84. The molecule has 2 atom stereocenters. The summed E-state index contributed by atoms with van der Waals surface area (Å²) in [5.41, 5.74) is 1.45. The maximum Gasteiger partial charge on any atom is 0.141 e. The van der Waals surface area contributed by atoms with Crippen LogP contribution in [0.3, 0.4) is 0 Å². The van der Waals surface area contributed by atoms with Gasteiger partial charge in [-0.25, -0.2) is 4.39 Å². The number of halogens is 2. The number of nitrogens with one attached hydrogen (secondary N) is 1. The molecule has 0 saturated heterocycles. The Kier molecular flexibility index (Phi) is 4.29. The van der Waals surface area contributed by atoms with Crippen LogP contribution in [0.2, 0.25) is 5.02 Å². The Morgan fingerprint density at radius 2 is 2.28 bits per heavy atom. The highest BCUT2D eigenvalue weighted by Gasteiger charge is 2.34. The first-order valence-electron chi connectivity index (χ1n) is 6.70. The van der Waals surface area contributed by atoms with Crippen LogP contribution in [0.1, 0.15) is 38.7 Å². The molecule has 0 aromatic heterocycles. The van der Waals surface area contributed by atoms with Gasteiger partial charge in [0.2, 0.25) is 0 Å². The van der Waals surface area contributed by atoms with Crippen molar-refractivity contribution in [2.75, 3.05) is 6.54 Å². The van der Waals surface area contributed by atoms with Gasteiger partial charge in [-0.2, -0.15) is 0 Å². The monoisotopic (exact) mass is 269 g/mol. The summed E-state index contributed by atoms with van der Waals surface area (Å²) < 4.78 is 13.1. The van der Waals surface area contributed by atoms with E-state index in [0.717, 1.165) is 18.5 Å². The Morgan fingerprint density at radius 1 is 1.50 bits per heavy atom. The molecule has 100 valence electrons. The topological polar surface area (TPSA) is 12.0 Å². The van der Waals surface area contributed by atoms with Crippen LogP contribution >= 0.6 is 11.6 Å². The summed E-state index contributed by atoms with van der Waals surface area (Å²) in [5, 5.41) is 3.75. The maximum atomic E-state index is 13.1.